The van der Waals surface area contributed by atoms with Gasteiger partial charge in [-0.1, -0.05) is 0 Å². The van der Waals surface area contributed by atoms with E-state index >= 15 is 0 Å². The maximum atomic E-state index is 14.9. The first-order valence-corrected chi connectivity index (χ1v) is 13.8. The molecule has 2 amide bonds. The number of carbonyl (C=O) groups excluding carboxylic acids is 2. The lowest BCUT2D eigenvalue weighted by molar-refractivity contribution is 0.101. The van der Waals surface area contributed by atoms with E-state index in [-0.39, 0.29) is 23.6 Å². The molecule has 1 saturated heterocycles. The predicted molar refractivity (Wildman–Crippen MR) is 164 cm³/mol. The molecule has 5 N–H and O–H groups in total. The third kappa shape index (κ3) is 6.11. The van der Waals surface area contributed by atoms with Crippen molar-refractivity contribution >= 4 is 51.2 Å². The number of anilines is 5. The minimum Gasteiger partial charge on any atom is -0.393 e. The Hall–Kier alpha value is -5.15. The average molecular weight is 564 g/mol. The van der Waals surface area contributed by atoms with Crippen LogP contribution in [0.5, 0.6) is 0 Å². The van der Waals surface area contributed by atoms with Gasteiger partial charge in [-0.25, -0.2) is 4.39 Å². The fourth-order valence-corrected chi connectivity index (χ4v) is 5.04. The second-order valence-corrected chi connectivity index (χ2v) is 10.4. The zero-order valence-corrected chi connectivity index (χ0v) is 22.7. The number of aromatic nitrogens is 1. The number of benzene rings is 4. The van der Waals surface area contributed by atoms with Gasteiger partial charge < -0.3 is 30.9 Å². The van der Waals surface area contributed by atoms with Gasteiger partial charge in [0.1, 0.15) is 5.82 Å². The Balaban J connectivity index is 1.04. The summed E-state index contributed by atoms with van der Waals surface area (Å²) in [7, 11) is 0. The highest BCUT2D eigenvalue weighted by molar-refractivity contribution is 6.06. The molecule has 0 saturated carbocycles. The standard InChI is InChI=1S/C33H30FN5O3/c34-29-20-26(38-33(42)23-3-11-30-22(19-23)13-16-35-30)8-12-31(29)36-24-4-6-25(7-5-24)37-32(41)21-1-9-27(10-2-21)39-17-14-28(40)15-18-39/h1-13,16,19-20,28,35-36,40H,14-15,17-18H2,(H,37,41)(H,38,42). The molecule has 1 fully saturated rings. The van der Waals surface area contributed by atoms with Gasteiger partial charge in [0.25, 0.3) is 11.8 Å². The van der Waals surface area contributed by atoms with Crippen LogP contribution in [0.1, 0.15) is 33.6 Å². The SMILES string of the molecule is O=C(Nc1ccc(Nc2ccc(NC(=O)c3ccc4[nH]ccc4c3)cc2F)cc1)c1ccc(N2CCC(O)CC2)cc1. The van der Waals surface area contributed by atoms with Gasteiger partial charge in [0, 0.05) is 64.1 Å². The van der Waals surface area contributed by atoms with E-state index in [9.17, 15) is 19.1 Å². The number of fused-ring (bicyclic) bond motifs is 1. The van der Waals surface area contributed by atoms with Crippen LogP contribution in [0.3, 0.4) is 0 Å². The van der Waals surface area contributed by atoms with Crippen molar-refractivity contribution in [2.24, 2.45) is 0 Å². The molecule has 8 nitrogen and oxygen atoms in total. The fourth-order valence-electron chi connectivity index (χ4n) is 5.04. The van der Waals surface area contributed by atoms with Gasteiger partial charge in [-0.05, 0) is 104 Å². The van der Waals surface area contributed by atoms with Crippen molar-refractivity contribution in [3.63, 3.8) is 0 Å². The monoisotopic (exact) mass is 563 g/mol. The smallest absolute Gasteiger partial charge is 0.255 e. The van der Waals surface area contributed by atoms with E-state index < -0.39 is 5.82 Å². The number of aliphatic hydroxyl groups excluding tert-OH is 1. The van der Waals surface area contributed by atoms with Crippen molar-refractivity contribution < 1.29 is 19.1 Å². The number of nitrogens with zero attached hydrogens (tertiary/aromatic N) is 1. The highest BCUT2D eigenvalue weighted by Crippen LogP contribution is 2.26. The average Bonchev–Trinajstić information content (AvgIpc) is 3.48. The maximum absolute atomic E-state index is 14.9. The van der Waals surface area contributed by atoms with Crippen molar-refractivity contribution in [3.8, 4) is 0 Å². The van der Waals surface area contributed by atoms with E-state index in [1.807, 2.05) is 24.3 Å². The second kappa shape index (κ2) is 11.8. The Labute approximate surface area is 242 Å². The number of halogens is 1. The summed E-state index contributed by atoms with van der Waals surface area (Å²) >= 11 is 0. The van der Waals surface area contributed by atoms with Crippen LogP contribution in [0, 0.1) is 5.82 Å². The van der Waals surface area contributed by atoms with E-state index in [1.54, 1.807) is 66.9 Å². The van der Waals surface area contributed by atoms with Crippen LogP contribution in [-0.2, 0) is 0 Å². The molecule has 0 bridgehead atoms. The number of nitrogens with one attached hydrogen (secondary N) is 4. The summed E-state index contributed by atoms with van der Waals surface area (Å²) in [5, 5.41) is 19.3. The zero-order chi connectivity index (χ0) is 29.1. The molecule has 42 heavy (non-hydrogen) atoms. The first kappa shape index (κ1) is 27.0. The largest absolute Gasteiger partial charge is 0.393 e. The van der Waals surface area contributed by atoms with Crippen molar-refractivity contribution in [2.75, 3.05) is 33.9 Å². The number of H-pyrrole nitrogens is 1. The van der Waals surface area contributed by atoms with Crippen LogP contribution in [-0.4, -0.2) is 41.1 Å². The minimum absolute atomic E-state index is 0.229. The van der Waals surface area contributed by atoms with Gasteiger partial charge in [0.05, 0.1) is 11.8 Å². The molecule has 9 heteroatoms. The lowest BCUT2D eigenvalue weighted by atomic mass is 10.1. The molecular weight excluding hydrogens is 533 g/mol. The van der Waals surface area contributed by atoms with Crippen LogP contribution in [0.4, 0.5) is 32.8 Å². The topological polar surface area (TPSA) is 109 Å². The molecule has 5 aromatic rings. The molecule has 0 unspecified atom stereocenters. The highest BCUT2D eigenvalue weighted by atomic mass is 19.1. The molecule has 2 heterocycles. The Bertz CT molecular complexity index is 1730. The number of carbonyl (C=O) groups is 2. The number of aliphatic hydroxyl groups is 1. The number of hydrogen-bond acceptors (Lipinski definition) is 5. The van der Waals surface area contributed by atoms with Gasteiger partial charge in [-0.15, -0.1) is 0 Å². The maximum Gasteiger partial charge on any atom is 0.255 e. The number of piperidine rings is 1. The van der Waals surface area contributed by atoms with Gasteiger partial charge in [-0.2, -0.15) is 0 Å². The minimum atomic E-state index is -0.518. The van der Waals surface area contributed by atoms with Crippen molar-refractivity contribution in [1.82, 2.24) is 4.98 Å². The van der Waals surface area contributed by atoms with Crippen molar-refractivity contribution in [2.45, 2.75) is 18.9 Å². The van der Waals surface area contributed by atoms with E-state index in [1.165, 1.54) is 6.07 Å². The molecule has 6 rings (SSSR count). The number of aromatic amines is 1. The summed E-state index contributed by atoms with van der Waals surface area (Å²) < 4.78 is 14.9. The quantitative estimate of drug-likeness (QED) is 0.155. The molecule has 4 aromatic carbocycles. The van der Waals surface area contributed by atoms with E-state index in [4.69, 9.17) is 0 Å². The van der Waals surface area contributed by atoms with Crippen LogP contribution in [0.2, 0.25) is 0 Å². The lowest BCUT2D eigenvalue weighted by Crippen LogP contribution is -2.35. The van der Waals surface area contributed by atoms with Crippen LogP contribution >= 0.6 is 0 Å². The summed E-state index contributed by atoms with van der Waals surface area (Å²) in [6.45, 7) is 1.59. The Kier molecular flexibility index (Phi) is 7.57. The zero-order valence-electron chi connectivity index (χ0n) is 22.7. The number of hydrogen-bond donors (Lipinski definition) is 5. The summed E-state index contributed by atoms with van der Waals surface area (Å²) in [5.74, 6) is -1.07. The van der Waals surface area contributed by atoms with Crippen LogP contribution in [0.25, 0.3) is 10.9 Å². The van der Waals surface area contributed by atoms with E-state index in [2.05, 4.69) is 25.8 Å². The number of rotatable bonds is 7. The molecule has 0 radical (unpaired) electrons. The van der Waals surface area contributed by atoms with Gasteiger partial charge in [-0.3, -0.25) is 9.59 Å². The highest BCUT2D eigenvalue weighted by Gasteiger charge is 2.17. The van der Waals surface area contributed by atoms with Crippen molar-refractivity contribution in [3.05, 3.63) is 114 Å². The first-order chi connectivity index (χ1) is 20.4. The fraction of sp³-hybridized carbons (Fsp3) is 0.152. The molecule has 0 aliphatic carbocycles. The molecule has 212 valence electrons. The summed E-state index contributed by atoms with van der Waals surface area (Å²) in [4.78, 5) is 30.7. The molecular formula is C33H30FN5O3. The van der Waals surface area contributed by atoms with Gasteiger partial charge in [0.15, 0.2) is 0 Å². The Morgan fingerprint density at radius 2 is 1.40 bits per heavy atom. The molecule has 1 aliphatic heterocycles. The molecule has 1 aromatic heterocycles. The molecule has 0 spiro atoms. The van der Waals surface area contributed by atoms with Crippen LogP contribution < -0.4 is 20.9 Å². The van der Waals surface area contributed by atoms with Crippen molar-refractivity contribution in [1.29, 1.82) is 0 Å². The van der Waals surface area contributed by atoms with Gasteiger partial charge in [0.2, 0.25) is 0 Å². The van der Waals surface area contributed by atoms with E-state index in [0.29, 0.717) is 28.2 Å². The van der Waals surface area contributed by atoms with E-state index in [0.717, 1.165) is 42.5 Å². The Morgan fingerprint density at radius 3 is 2.14 bits per heavy atom. The predicted octanol–water partition coefficient (Wildman–Crippen LogP) is 6.52. The lowest BCUT2D eigenvalue weighted by Gasteiger charge is -2.31. The Morgan fingerprint density at radius 1 is 0.762 bits per heavy atom. The third-order valence-electron chi connectivity index (χ3n) is 7.42. The third-order valence-corrected chi connectivity index (χ3v) is 7.42. The normalized spacial score (nSPS) is 13.6. The summed E-state index contributed by atoms with van der Waals surface area (Å²) in [6.07, 6.45) is 3.07. The summed E-state index contributed by atoms with van der Waals surface area (Å²) in [6, 6.07) is 26.1. The molecule has 1 aliphatic rings. The summed E-state index contributed by atoms with van der Waals surface area (Å²) in [5.41, 5.74) is 4.83. The number of amides is 2. The van der Waals surface area contributed by atoms with Crippen LogP contribution in [0.15, 0.2) is 97.2 Å². The first-order valence-electron chi connectivity index (χ1n) is 13.8. The molecule has 0 atom stereocenters. The second-order valence-electron chi connectivity index (χ2n) is 10.4. The van der Waals surface area contributed by atoms with Gasteiger partial charge >= 0.3 is 0 Å².